The molecule has 2 rings (SSSR count). The summed E-state index contributed by atoms with van der Waals surface area (Å²) in [6.45, 7) is 1.51. The van der Waals surface area contributed by atoms with E-state index in [1.54, 1.807) is 18.3 Å². The number of aromatic nitrogens is 2. The number of pyridine rings is 1. The number of nitrogens with zero attached hydrogens (tertiary/aromatic N) is 1. The Hall–Kier alpha value is -1.35. The van der Waals surface area contributed by atoms with Crippen LogP contribution in [0.4, 0.5) is 0 Å². The molecule has 2 aromatic heterocycles. The zero-order chi connectivity index (χ0) is 9.42. The van der Waals surface area contributed by atoms with Gasteiger partial charge in [-0.05, 0) is 12.1 Å². The predicted molar refractivity (Wildman–Crippen MR) is 51.1 cm³/mol. The molecule has 2 heterocycles. The summed E-state index contributed by atoms with van der Waals surface area (Å²) in [4.78, 5) is 18.0. The molecular weight excluding hydrogens is 188 g/mol. The van der Waals surface area contributed by atoms with Gasteiger partial charge in [-0.15, -0.1) is 0 Å². The Balaban J connectivity index is 2.68. The summed E-state index contributed by atoms with van der Waals surface area (Å²) in [6.07, 6.45) is 1.55. The number of halogens is 1. The van der Waals surface area contributed by atoms with Crippen molar-refractivity contribution >= 4 is 28.4 Å². The number of hydrogen-bond donors (Lipinski definition) is 1. The molecule has 66 valence electrons. The molecule has 1 N–H and O–H groups in total. The van der Waals surface area contributed by atoms with E-state index in [9.17, 15) is 4.79 Å². The summed E-state index contributed by atoms with van der Waals surface area (Å²) in [7, 11) is 0. The monoisotopic (exact) mass is 194 g/mol. The summed E-state index contributed by atoms with van der Waals surface area (Å²) < 4.78 is 0. The molecular formula is C9H7ClN2O. The zero-order valence-electron chi connectivity index (χ0n) is 6.97. The fourth-order valence-corrected chi connectivity index (χ4v) is 1.34. The molecule has 0 spiro atoms. The standard InChI is InChI=1S/C9H7ClN2O/c1-5(13)8-3-6-2-7(10)4-11-9(6)12-8/h2-4H,1H3,(H,11,12). The van der Waals surface area contributed by atoms with Crippen LogP contribution in [-0.4, -0.2) is 15.8 Å². The first-order chi connectivity index (χ1) is 6.16. The quantitative estimate of drug-likeness (QED) is 0.709. The van der Waals surface area contributed by atoms with Crippen LogP contribution in [-0.2, 0) is 0 Å². The highest BCUT2D eigenvalue weighted by Crippen LogP contribution is 2.17. The number of nitrogens with one attached hydrogen (secondary N) is 1. The second-order valence-corrected chi connectivity index (χ2v) is 3.27. The molecule has 0 saturated carbocycles. The van der Waals surface area contributed by atoms with Crippen LogP contribution < -0.4 is 0 Å². The molecule has 4 heteroatoms. The summed E-state index contributed by atoms with van der Waals surface area (Å²) in [6, 6.07) is 3.52. The Morgan fingerprint density at radius 2 is 2.31 bits per heavy atom. The van der Waals surface area contributed by atoms with Gasteiger partial charge in [-0.2, -0.15) is 0 Å². The molecule has 0 aliphatic rings. The smallest absolute Gasteiger partial charge is 0.176 e. The lowest BCUT2D eigenvalue weighted by Gasteiger charge is -1.88. The molecule has 0 aliphatic carbocycles. The number of H-pyrrole nitrogens is 1. The Bertz CT molecular complexity index is 475. The number of aromatic amines is 1. The van der Waals surface area contributed by atoms with Gasteiger partial charge in [-0.25, -0.2) is 4.98 Å². The molecule has 0 atom stereocenters. The lowest BCUT2D eigenvalue weighted by molar-refractivity contribution is 0.101. The molecule has 0 saturated heterocycles. The van der Waals surface area contributed by atoms with Gasteiger partial charge in [0.05, 0.1) is 10.7 Å². The number of fused-ring (bicyclic) bond motifs is 1. The topological polar surface area (TPSA) is 45.8 Å². The van der Waals surface area contributed by atoms with Gasteiger partial charge in [0.25, 0.3) is 0 Å². The van der Waals surface area contributed by atoms with Crippen molar-refractivity contribution in [1.82, 2.24) is 9.97 Å². The highest BCUT2D eigenvalue weighted by atomic mass is 35.5. The van der Waals surface area contributed by atoms with E-state index in [0.29, 0.717) is 16.4 Å². The highest BCUT2D eigenvalue weighted by Gasteiger charge is 2.05. The van der Waals surface area contributed by atoms with Gasteiger partial charge in [-0.1, -0.05) is 11.6 Å². The number of ketones is 1. The summed E-state index contributed by atoms with van der Waals surface area (Å²) in [5.74, 6) is -0.00544. The minimum absolute atomic E-state index is 0.00544. The molecule has 0 bridgehead atoms. The van der Waals surface area contributed by atoms with Crippen molar-refractivity contribution in [2.75, 3.05) is 0 Å². The third-order valence-electron chi connectivity index (χ3n) is 1.82. The molecule has 13 heavy (non-hydrogen) atoms. The first-order valence-electron chi connectivity index (χ1n) is 3.82. The summed E-state index contributed by atoms with van der Waals surface area (Å²) >= 11 is 5.75. The van der Waals surface area contributed by atoms with Crippen molar-refractivity contribution in [3.05, 3.63) is 29.0 Å². The Morgan fingerprint density at radius 3 is 3.00 bits per heavy atom. The summed E-state index contributed by atoms with van der Waals surface area (Å²) in [5, 5.41) is 1.43. The number of Topliss-reactive ketones (excluding diaryl/α,β-unsaturated/α-hetero) is 1. The maximum atomic E-state index is 11.0. The Labute approximate surface area is 79.7 Å². The van der Waals surface area contributed by atoms with E-state index in [2.05, 4.69) is 9.97 Å². The van der Waals surface area contributed by atoms with Crippen molar-refractivity contribution in [2.45, 2.75) is 6.92 Å². The van der Waals surface area contributed by atoms with Crippen LogP contribution in [0.25, 0.3) is 11.0 Å². The second-order valence-electron chi connectivity index (χ2n) is 2.83. The van der Waals surface area contributed by atoms with Crippen LogP contribution in [0, 0.1) is 0 Å². The van der Waals surface area contributed by atoms with Crippen LogP contribution in [0.1, 0.15) is 17.4 Å². The van der Waals surface area contributed by atoms with Crippen molar-refractivity contribution < 1.29 is 4.79 Å². The average molecular weight is 195 g/mol. The van der Waals surface area contributed by atoms with E-state index in [0.717, 1.165) is 5.39 Å². The second kappa shape index (κ2) is 2.85. The number of rotatable bonds is 1. The molecule has 0 radical (unpaired) electrons. The first kappa shape index (κ1) is 8.26. The molecule has 0 amide bonds. The number of hydrogen-bond acceptors (Lipinski definition) is 2. The lowest BCUT2D eigenvalue weighted by Crippen LogP contribution is -1.90. The van der Waals surface area contributed by atoms with E-state index < -0.39 is 0 Å². The summed E-state index contributed by atoms with van der Waals surface area (Å²) in [5.41, 5.74) is 1.25. The molecule has 0 fully saturated rings. The van der Waals surface area contributed by atoms with Gasteiger partial charge >= 0.3 is 0 Å². The highest BCUT2D eigenvalue weighted by molar-refractivity contribution is 6.31. The Kier molecular flexibility index (Phi) is 1.81. The van der Waals surface area contributed by atoms with E-state index in [4.69, 9.17) is 11.6 Å². The average Bonchev–Trinajstić information content (AvgIpc) is 2.46. The van der Waals surface area contributed by atoms with Crippen molar-refractivity contribution in [3.63, 3.8) is 0 Å². The van der Waals surface area contributed by atoms with Crippen molar-refractivity contribution in [3.8, 4) is 0 Å². The third kappa shape index (κ3) is 1.42. The SMILES string of the molecule is CC(=O)c1cc2cc(Cl)cnc2[nH]1. The van der Waals surface area contributed by atoms with E-state index in [1.807, 2.05) is 0 Å². The zero-order valence-corrected chi connectivity index (χ0v) is 7.72. The van der Waals surface area contributed by atoms with Gasteiger partial charge in [0.1, 0.15) is 5.65 Å². The fraction of sp³-hybridized carbons (Fsp3) is 0.111. The van der Waals surface area contributed by atoms with E-state index in [1.165, 1.54) is 6.92 Å². The molecule has 0 unspecified atom stereocenters. The van der Waals surface area contributed by atoms with Crippen molar-refractivity contribution in [1.29, 1.82) is 0 Å². The van der Waals surface area contributed by atoms with Gasteiger partial charge < -0.3 is 4.98 Å². The fourth-order valence-electron chi connectivity index (χ4n) is 1.18. The Morgan fingerprint density at radius 1 is 1.54 bits per heavy atom. The molecule has 2 aromatic rings. The van der Waals surface area contributed by atoms with Gasteiger partial charge in [-0.3, -0.25) is 4.79 Å². The molecule has 0 aliphatic heterocycles. The molecule has 3 nitrogen and oxygen atoms in total. The van der Waals surface area contributed by atoms with Crippen LogP contribution in [0.15, 0.2) is 18.3 Å². The lowest BCUT2D eigenvalue weighted by atomic mass is 10.3. The van der Waals surface area contributed by atoms with Crippen molar-refractivity contribution in [2.24, 2.45) is 0 Å². The van der Waals surface area contributed by atoms with Gasteiger partial charge in [0.15, 0.2) is 5.78 Å². The molecule has 0 aromatic carbocycles. The largest absolute Gasteiger partial charge is 0.337 e. The van der Waals surface area contributed by atoms with Crippen LogP contribution in [0.3, 0.4) is 0 Å². The van der Waals surface area contributed by atoms with E-state index in [-0.39, 0.29) is 5.78 Å². The maximum Gasteiger partial charge on any atom is 0.176 e. The first-order valence-corrected chi connectivity index (χ1v) is 4.20. The van der Waals surface area contributed by atoms with Gasteiger partial charge in [0, 0.05) is 18.5 Å². The van der Waals surface area contributed by atoms with Crippen LogP contribution in [0.2, 0.25) is 5.02 Å². The minimum atomic E-state index is -0.00544. The van der Waals surface area contributed by atoms with Crippen LogP contribution in [0.5, 0.6) is 0 Å². The minimum Gasteiger partial charge on any atom is -0.337 e. The van der Waals surface area contributed by atoms with E-state index >= 15 is 0 Å². The normalized spacial score (nSPS) is 10.6. The van der Waals surface area contributed by atoms with Gasteiger partial charge in [0.2, 0.25) is 0 Å². The number of carbonyl (C=O) groups is 1. The third-order valence-corrected chi connectivity index (χ3v) is 2.02. The van der Waals surface area contributed by atoms with Crippen LogP contribution >= 0.6 is 11.6 Å². The number of carbonyl (C=O) groups excluding carboxylic acids is 1. The maximum absolute atomic E-state index is 11.0. The predicted octanol–water partition coefficient (Wildman–Crippen LogP) is 2.42.